The lowest BCUT2D eigenvalue weighted by Gasteiger charge is -2.05. The van der Waals surface area contributed by atoms with E-state index in [-0.39, 0.29) is 12.6 Å². The van der Waals surface area contributed by atoms with E-state index in [1.165, 1.54) is 0 Å². The SMILES string of the molecule is C=C(C)C(=O)OCc1ccc(S)c(S)c1. The number of esters is 1. The molecule has 0 aliphatic carbocycles. The molecule has 0 fully saturated rings. The highest BCUT2D eigenvalue weighted by atomic mass is 32.1. The fourth-order valence-electron chi connectivity index (χ4n) is 0.931. The molecule has 80 valence electrons. The third-order valence-corrected chi connectivity index (χ3v) is 2.69. The first-order valence-electron chi connectivity index (χ1n) is 4.34. The molecule has 4 heteroatoms. The summed E-state index contributed by atoms with van der Waals surface area (Å²) < 4.78 is 4.99. The molecule has 1 aromatic carbocycles. The van der Waals surface area contributed by atoms with Crippen LogP contribution in [0.25, 0.3) is 0 Å². The highest BCUT2D eigenvalue weighted by Crippen LogP contribution is 2.19. The van der Waals surface area contributed by atoms with Crippen LogP contribution in [0.4, 0.5) is 0 Å². The summed E-state index contributed by atoms with van der Waals surface area (Å²) in [5, 5.41) is 0. The van der Waals surface area contributed by atoms with Gasteiger partial charge in [0.1, 0.15) is 6.61 Å². The maximum absolute atomic E-state index is 11.1. The predicted molar refractivity (Wildman–Crippen MR) is 65.6 cm³/mol. The Morgan fingerprint density at radius 1 is 1.40 bits per heavy atom. The molecule has 0 amide bonds. The molecule has 0 spiro atoms. The van der Waals surface area contributed by atoms with Gasteiger partial charge in [0.05, 0.1) is 0 Å². The number of thiol groups is 2. The Balaban J connectivity index is 2.62. The van der Waals surface area contributed by atoms with Gasteiger partial charge in [0.25, 0.3) is 0 Å². The first-order valence-corrected chi connectivity index (χ1v) is 5.23. The number of rotatable bonds is 3. The molecular weight excluding hydrogens is 228 g/mol. The van der Waals surface area contributed by atoms with Crippen LogP contribution in [0.3, 0.4) is 0 Å². The summed E-state index contributed by atoms with van der Waals surface area (Å²) in [4.78, 5) is 12.7. The third kappa shape index (κ3) is 3.64. The van der Waals surface area contributed by atoms with Crippen molar-refractivity contribution < 1.29 is 9.53 Å². The first-order chi connectivity index (χ1) is 7.00. The summed E-state index contributed by atoms with van der Waals surface area (Å²) in [6.45, 7) is 5.34. The molecule has 15 heavy (non-hydrogen) atoms. The molecule has 0 atom stereocenters. The molecule has 0 saturated heterocycles. The summed E-state index contributed by atoms with van der Waals surface area (Å²) in [6.07, 6.45) is 0. The number of benzene rings is 1. The quantitative estimate of drug-likeness (QED) is 0.483. The molecular formula is C11H12O2S2. The van der Waals surface area contributed by atoms with E-state index in [4.69, 9.17) is 4.74 Å². The molecule has 0 aliphatic rings. The van der Waals surface area contributed by atoms with E-state index in [9.17, 15) is 4.79 Å². The van der Waals surface area contributed by atoms with Crippen molar-refractivity contribution >= 4 is 31.2 Å². The van der Waals surface area contributed by atoms with Gasteiger partial charge in [0, 0.05) is 15.4 Å². The van der Waals surface area contributed by atoms with Crippen LogP contribution >= 0.6 is 25.3 Å². The van der Waals surface area contributed by atoms with Crippen molar-refractivity contribution in [2.45, 2.75) is 23.3 Å². The lowest BCUT2D eigenvalue weighted by Crippen LogP contribution is -2.04. The maximum atomic E-state index is 11.1. The second-order valence-electron chi connectivity index (χ2n) is 3.18. The number of hydrogen-bond donors (Lipinski definition) is 2. The Labute approximate surface area is 100 Å². The Hall–Kier alpha value is -0.870. The topological polar surface area (TPSA) is 26.3 Å². The second-order valence-corrected chi connectivity index (χ2v) is 4.14. The smallest absolute Gasteiger partial charge is 0.333 e. The highest BCUT2D eigenvalue weighted by molar-refractivity contribution is 7.83. The van der Waals surface area contributed by atoms with Gasteiger partial charge in [-0.2, -0.15) is 0 Å². The van der Waals surface area contributed by atoms with E-state index in [2.05, 4.69) is 31.8 Å². The molecule has 0 saturated carbocycles. The predicted octanol–water partition coefficient (Wildman–Crippen LogP) is 2.88. The zero-order chi connectivity index (χ0) is 11.4. The highest BCUT2D eigenvalue weighted by Gasteiger charge is 2.04. The lowest BCUT2D eigenvalue weighted by molar-refractivity contribution is -0.140. The monoisotopic (exact) mass is 240 g/mol. The van der Waals surface area contributed by atoms with Crippen LogP contribution in [0.1, 0.15) is 12.5 Å². The van der Waals surface area contributed by atoms with E-state index >= 15 is 0 Å². The van der Waals surface area contributed by atoms with Crippen molar-refractivity contribution in [2.75, 3.05) is 0 Å². The van der Waals surface area contributed by atoms with Gasteiger partial charge in [-0.1, -0.05) is 12.6 Å². The fourth-order valence-corrected chi connectivity index (χ4v) is 1.31. The molecule has 0 heterocycles. The first kappa shape index (κ1) is 12.2. The van der Waals surface area contributed by atoms with Gasteiger partial charge in [-0.05, 0) is 24.6 Å². The second kappa shape index (κ2) is 5.28. The summed E-state index contributed by atoms with van der Waals surface area (Å²) in [7, 11) is 0. The summed E-state index contributed by atoms with van der Waals surface area (Å²) in [6, 6.07) is 5.47. The van der Waals surface area contributed by atoms with Crippen LogP contribution in [0, 0.1) is 0 Å². The van der Waals surface area contributed by atoms with Gasteiger partial charge in [-0.25, -0.2) is 4.79 Å². The van der Waals surface area contributed by atoms with Crippen LogP contribution in [0.5, 0.6) is 0 Å². The van der Waals surface area contributed by atoms with E-state index in [0.717, 1.165) is 15.4 Å². The number of hydrogen-bond acceptors (Lipinski definition) is 4. The lowest BCUT2D eigenvalue weighted by atomic mass is 10.2. The van der Waals surface area contributed by atoms with Gasteiger partial charge in [0.2, 0.25) is 0 Å². The molecule has 1 aromatic rings. The van der Waals surface area contributed by atoms with Crippen molar-refractivity contribution in [3.63, 3.8) is 0 Å². The fraction of sp³-hybridized carbons (Fsp3) is 0.182. The van der Waals surface area contributed by atoms with Crippen LogP contribution in [-0.2, 0) is 16.1 Å². The van der Waals surface area contributed by atoms with Crippen molar-refractivity contribution in [1.29, 1.82) is 0 Å². The largest absolute Gasteiger partial charge is 0.457 e. The average Bonchev–Trinajstić information content (AvgIpc) is 2.19. The van der Waals surface area contributed by atoms with Gasteiger partial charge in [-0.15, -0.1) is 25.3 Å². The Morgan fingerprint density at radius 3 is 2.60 bits per heavy atom. The summed E-state index contributed by atoms with van der Waals surface area (Å²) in [5.41, 5.74) is 1.28. The van der Waals surface area contributed by atoms with E-state index < -0.39 is 0 Å². The molecule has 0 radical (unpaired) electrons. The van der Waals surface area contributed by atoms with Crippen LogP contribution < -0.4 is 0 Å². The Kier molecular flexibility index (Phi) is 4.29. The Bertz CT molecular complexity index is 400. The van der Waals surface area contributed by atoms with E-state index in [0.29, 0.717) is 5.57 Å². The molecule has 0 bridgehead atoms. The third-order valence-electron chi connectivity index (χ3n) is 1.76. The molecule has 0 unspecified atom stereocenters. The van der Waals surface area contributed by atoms with Gasteiger partial charge in [-0.3, -0.25) is 0 Å². The number of carbonyl (C=O) groups excluding carboxylic acids is 1. The van der Waals surface area contributed by atoms with E-state index in [1.807, 2.05) is 18.2 Å². The molecule has 0 N–H and O–H groups in total. The zero-order valence-electron chi connectivity index (χ0n) is 8.36. The van der Waals surface area contributed by atoms with Gasteiger partial charge in [0.15, 0.2) is 0 Å². The van der Waals surface area contributed by atoms with Crippen LogP contribution in [0.2, 0.25) is 0 Å². The van der Waals surface area contributed by atoms with Crippen molar-refractivity contribution in [3.05, 3.63) is 35.9 Å². The van der Waals surface area contributed by atoms with Crippen LogP contribution in [0.15, 0.2) is 40.1 Å². The Morgan fingerprint density at radius 2 is 2.07 bits per heavy atom. The number of carbonyl (C=O) groups is 1. The normalized spacial score (nSPS) is 9.80. The van der Waals surface area contributed by atoms with Crippen molar-refractivity contribution in [2.24, 2.45) is 0 Å². The molecule has 0 aromatic heterocycles. The van der Waals surface area contributed by atoms with E-state index in [1.54, 1.807) is 6.92 Å². The van der Waals surface area contributed by atoms with Crippen molar-refractivity contribution in [1.82, 2.24) is 0 Å². The minimum Gasteiger partial charge on any atom is -0.457 e. The van der Waals surface area contributed by atoms with Crippen LogP contribution in [-0.4, -0.2) is 5.97 Å². The molecule has 0 aliphatic heterocycles. The van der Waals surface area contributed by atoms with Gasteiger partial charge >= 0.3 is 5.97 Å². The summed E-state index contributed by atoms with van der Waals surface area (Å²) in [5.74, 6) is -0.384. The van der Waals surface area contributed by atoms with Gasteiger partial charge < -0.3 is 4.74 Å². The maximum Gasteiger partial charge on any atom is 0.333 e. The average molecular weight is 240 g/mol. The molecule has 2 nitrogen and oxygen atoms in total. The molecule has 1 rings (SSSR count). The van der Waals surface area contributed by atoms with Crippen molar-refractivity contribution in [3.8, 4) is 0 Å². The minimum absolute atomic E-state index is 0.229. The minimum atomic E-state index is -0.384. The standard InChI is InChI=1S/C11H12O2S2/c1-7(2)11(12)13-6-8-3-4-9(14)10(15)5-8/h3-5,14-15H,1,6H2,2H3. The zero-order valence-corrected chi connectivity index (χ0v) is 10.1. The number of ether oxygens (including phenoxy) is 1. The summed E-state index contributed by atoms with van der Waals surface area (Å²) >= 11 is 8.41.